The summed E-state index contributed by atoms with van der Waals surface area (Å²) >= 11 is 0. The van der Waals surface area contributed by atoms with Crippen molar-refractivity contribution in [3.8, 4) is 0 Å². The molecule has 9 nitrogen and oxygen atoms in total. The van der Waals surface area contributed by atoms with E-state index >= 15 is 0 Å². The van der Waals surface area contributed by atoms with E-state index in [0.29, 0.717) is 6.54 Å². The van der Waals surface area contributed by atoms with Gasteiger partial charge in [0, 0.05) is 52.1 Å². The topological polar surface area (TPSA) is 162 Å². The summed E-state index contributed by atoms with van der Waals surface area (Å²) in [5, 5.41) is 25.2. The second-order valence-electron chi connectivity index (χ2n) is 3.24. The Morgan fingerprint density at radius 1 is 1.10 bits per heavy atom. The molecule has 0 atom stereocenters. The number of aliphatic carboxylic acids is 3. The van der Waals surface area contributed by atoms with Crippen LogP contribution in [0.4, 0.5) is 0 Å². The number of carboxylic acids is 3. The first-order chi connectivity index (χ1) is 9.63. The Hall–Kier alpha value is -2.68. The largest absolute Gasteiger partial charge is 0.481 e. The average Bonchev–Trinajstić information content (AvgIpc) is 2.54. The second-order valence-corrected chi connectivity index (χ2v) is 3.24. The van der Waals surface area contributed by atoms with Crippen LogP contribution >= 0.6 is 0 Å². The highest BCUT2D eigenvalue weighted by molar-refractivity contribution is 5.79. The summed E-state index contributed by atoms with van der Waals surface area (Å²) in [4.78, 5) is 30.9. The number of aliphatic imine (C=N–C) groups is 1. The maximum absolute atomic E-state index is 9.00. The molecular formula is C12H21N3O6. The Labute approximate surface area is 122 Å². The Morgan fingerprint density at radius 3 is 1.81 bits per heavy atom. The molecule has 0 saturated heterocycles. The highest BCUT2D eigenvalue weighted by Crippen LogP contribution is 1.88. The molecule has 9 heteroatoms. The van der Waals surface area contributed by atoms with Crippen molar-refractivity contribution in [2.75, 3.05) is 6.54 Å². The Bertz CT molecular complexity index is 361. The van der Waals surface area contributed by atoms with Crippen LogP contribution in [0.5, 0.6) is 0 Å². The van der Waals surface area contributed by atoms with Crippen molar-refractivity contribution in [3.05, 3.63) is 24.2 Å². The van der Waals surface area contributed by atoms with Gasteiger partial charge in [-0.05, 0) is 5.57 Å². The van der Waals surface area contributed by atoms with Gasteiger partial charge in [-0.2, -0.15) is 0 Å². The molecule has 1 aliphatic heterocycles. The number of rotatable bonds is 1. The quantitative estimate of drug-likeness (QED) is 0.460. The third-order valence-corrected chi connectivity index (χ3v) is 1.00. The van der Waals surface area contributed by atoms with Crippen LogP contribution in [-0.2, 0) is 14.4 Å². The molecule has 0 aromatic heterocycles. The van der Waals surface area contributed by atoms with Gasteiger partial charge in [-0.3, -0.25) is 19.4 Å². The minimum absolute atomic E-state index is 0.526. The summed E-state index contributed by atoms with van der Waals surface area (Å²) in [6.07, 6.45) is 6.99. The van der Waals surface area contributed by atoms with Crippen LogP contribution < -0.4 is 11.1 Å². The maximum Gasteiger partial charge on any atom is 0.300 e. The SMILES string of the molecule is CC(=O)O.CC(=O)O.CC(=O)O.NCC1=CNC=CN=C1. The summed E-state index contributed by atoms with van der Waals surface area (Å²) in [5.41, 5.74) is 6.35. The number of carbonyl (C=O) groups is 3. The summed E-state index contributed by atoms with van der Waals surface area (Å²) in [7, 11) is 0. The van der Waals surface area contributed by atoms with Crippen LogP contribution in [0.3, 0.4) is 0 Å². The van der Waals surface area contributed by atoms with Crippen molar-refractivity contribution in [2.24, 2.45) is 10.7 Å². The molecular weight excluding hydrogens is 282 g/mol. The van der Waals surface area contributed by atoms with E-state index < -0.39 is 17.9 Å². The lowest BCUT2D eigenvalue weighted by atomic mass is 10.3. The molecule has 0 aromatic carbocycles. The van der Waals surface area contributed by atoms with Gasteiger partial charge in [-0.15, -0.1) is 0 Å². The van der Waals surface area contributed by atoms with Gasteiger partial charge in [-0.1, -0.05) is 0 Å². The van der Waals surface area contributed by atoms with Gasteiger partial charge in [-0.25, -0.2) is 0 Å². The summed E-state index contributed by atoms with van der Waals surface area (Å²) < 4.78 is 0. The molecule has 0 aliphatic carbocycles. The van der Waals surface area contributed by atoms with Crippen molar-refractivity contribution in [1.29, 1.82) is 0 Å². The van der Waals surface area contributed by atoms with Crippen LogP contribution in [0.2, 0.25) is 0 Å². The Kier molecular flexibility index (Phi) is 19.3. The fourth-order valence-electron chi connectivity index (χ4n) is 0.529. The lowest BCUT2D eigenvalue weighted by Gasteiger charge is -1.91. The first-order valence-electron chi connectivity index (χ1n) is 5.55. The number of nitrogens with two attached hydrogens (primary N) is 1. The van der Waals surface area contributed by atoms with E-state index in [-0.39, 0.29) is 0 Å². The van der Waals surface area contributed by atoms with Crippen molar-refractivity contribution in [2.45, 2.75) is 20.8 Å². The molecule has 6 N–H and O–H groups in total. The van der Waals surface area contributed by atoms with Crippen molar-refractivity contribution < 1.29 is 29.7 Å². The molecule has 120 valence electrons. The molecule has 0 aromatic rings. The number of hydrogen-bond donors (Lipinski definition) is 5. The van der Waals surface area contributed by atoms with Crippen molar-refractivity contribution in [3.63, 3.8) is 0 Å². The molecule has 21 heavy (non-hydrogen) atoms. The molecule has 0 unspecified atom stereocenters. The summed E-state index contributed by atoms with van der Waals surface area (Å²) in [6, 6.07) is 0. The molecule has 0 bridgehead atoms. The van der Waals surface area contributed by atoms with Gasteiger partial charge < -0.3 is 26.4 Å². The molecule has 0 saturated carbocycles. The molecule has 1 heterocycles. The molecule has 1 aliphatic rings. The molecule has 0 spiro atoms. The Balaban J connectivity index is -0.000000230. The maximum atomic E-state index is 9.00. The van der Waals surface area contributed by atoms with Gasteiger partial charge in [0.1, 0.15) is 0 Å². The van der Waals surface area contributed by atoms with Gasteiger partial charge in [0.2, 0.25) is 0 Å². The number of nitrogens with one attached hydrogen (secondary N) is 1. The highest BCUT2D eigenvalue weighted by atomic mass is 16.4. The number of nitrogens with zero attached hydrogens (tertiary/aromatic N) is 1. The normalized spacial score (nSPS) is 10.6. The fourth-order valence-corrected chi connectivity index (χ4v) is 0.529. The summed E-state index contributed by atoms with van der Waals surface area (Å²) in [6.45, 7) is 3.78. The van der Waals surface area contributed by atoms with Gasteiger partial charge in [0.15, 0.2) is 0 Å². The highest BCUT2D eigenvalue weighted by Gasteiger charge is 1.87. The standard InChI is InChI=1S/C6H9N3.3C2H4O2/c7-3-6-4-8-1-2-9-5-6;3*1-2(3)4/h1-2,4-5,8H,3,7H2;3*1H3,(H,3,4). The lowest BCUT2D eigenvalue weighted by Crippen LogP contribution is -2.06. The second kappa shape index (κ2) is 17.3. The minimum Gasteiger partial charge on any atom is -0.481 e. The number of carboxylic acid groups (broad SMARTS) is 3. The first-order valence-corrected chi connectivity index (χ1v) is 5.55. The monoisotopic (exact) mass is 303 g/mol. The zero-order valence-electron chi connectivity index (χ0n) is 12.1. The predicted molar refractivity (Wildman–Crippen MR) is 77.8 cm³/mol. The zero-order chi connectivity index (χ0) is 17.3. The minimum atomic E-state index is -0.833. The van der Waals surface area contributed by atoms with Gasteiger partial charge in [0.25, 0.3) is 17.9 Å². The van der Waals surface area contributed by atoms with Gasteiger partial charge >= 0.3 is 0 Å². The molecule has 0 radical (unpaired) electrons. The smallest absolute Gasteiger partial charge is 0.300 e. The van der Waals surface area contributed by atoms with Crippen molar-refractivity contribution >= 4 is 24.1 Å². The van der Waals surface area contributed by atoms with Gasteiger partial charge in [0.05, 0.1) is 0 Å². The fraction of sp³-hybridized carbons (Fsp3) is 0.333. The molecule has 0 amide bonds. The number of hydrogen-bond acceptors (Lipinski definition) is 6. The van der Waals surface area contributed by atoms with E-state index in [4.69, 9.17) is 35.4 Å². The van der Waals surface area contributed by atoms with Crippen LogP contribution in [-0.4, -0.2) is 46.0 Å². The van der Waals surface area contributed by atoms with Crippen LogP contribution in [0.15, 0.2) is 29.2 Å². The third-order valence-electron chi connectivity index (χ3n) is 1.00. The zero-order valence-corrected chi connectivity index (χ0v) is 12.1. The van der Waals surface area contributed by atoms with Crippen LogP contribution in [0, 0.1) is 0 Å². The van der Waals surface area contributed by atoms with Crippen LogP contribution in [0.1, 0.15) is 20.8 Å². The van der Waals surface area contributed by atoms with Crippen LogP contribution in [0.25, 0.3) is 0 Å². The van der Waals surface area contributed by atoms with E-state index in [1.165, 1.54) is 0 Å². The predicted octanol–water partition coefficient (Wildman–Crippen LogP) is 0.247. The summed E-state index contributed by atoms with van der Waals surface area (Å²) in [5.74, 6) is -2.50. The van der Waals surface area contributed by atoms with E-state index in [9.17, 15) is 0 Å². The first kappa shape index (κ1) is 23.4. The molecule has 0 fully saturated rings. The van der Waals surface area contributed by atoms with E-state index in [1.54, 1.807) is 18.6 Å². The third kappa shape index (κ3) is 58.7. The Morgan fingerprint density at radius 2 is 1.48 bits per heavy atom. The van der Waals surface area contributed by atoms with E-state index in [0.717, 1.165) is 26.3 Å². The average molecular weight is 303 g/mol. The lowest BCUT2D eigenvalue weighted by molar-refractivity contribution is -0.135. The van der Waals surface area contributed by atoms with E-state index in [2.05, 4.69) is 10.3 Å². The van der Waals surface area contributed by atoms with Crippen molar-refractivity contribution in [1.82, 2.24) is 5.32 Å². The van der Waals surface area contributed by atoms with E-state index in [1.807, 2.05) is 6.20 Å². The molecule has 1 rings (SSSR count).